The first-order valence-electron chi connectivity index (χ1n) is 5.72. The quantitative estimate of drug-likeness (QED) is 0.667. The maximum atomic E-state index is 11.9. The van der Waals surface area contributed by atoms with Crippen LogP contribution >= 0.6 is 0 Å². The fourth-order valence-electron chi connectivity index (χ4n) is 3.69. The number of carbonyl (C=O) groups excluding carboxylic acids is 2. The highest BCUT2D eigenvalue weighted by atomic mass is 16.5. The zero-order valence-electron chi connectivity index (χ0n) is 9.99. The summed E-state index contributed by atoms with van der Waals surface area (Å²) in [6.07, 6.45) is 2.99. The molecule has 0 spiro atoms. The molecule has 4 heteroatoms. The Bertz CT molecular complexity index is 325. The minimum atomic E-state index is -0.676. The van der Waals surface area contributed by atoms with Crippen LogP contribution in [-0.4, -0.2) is 26.2 Å². The summed E-state index contributed by atoms with van der Waals surface area (Å²) in [5.74, 6) is -0.283. The van der Waals surface area contributed by atoms with Crippen molar-refractivity contribution in [1.82, 2.24) is 0 Å². The molecule has 0 aliphatic heterocycles. The van der Waals surface area contributed by atoms with E-state index in [2.05, 4.69) is 0 Å². The minimum absolute atomic E-state index is 0.264. The maximum Gasteiger partial charge on any atom is 0.312 e. The lowest BCUT2D eigenvalue weighted by atomic mass is 9.67. The minimum Gasteiger partial charge on any atom is -0.469 e. The number of hydrogen-bond acceptors (Lipinski definition) is 4. The SMILES string of the molecule is COC(=O)C1C2CCC(C2)C1(C)C(=O)OC. The van der Waals surface area contributed by atoms with Gasteiger partial charge in [-0.15, -0.1) is 0 Å². The van der Waals surface area contributed by atoms with Gasteiger partial charge in [0.25, 0.3) is 0 Å². The molecule has 4 unspecified atom stereocenters. The highest BCUT2D eigenvalue weighted by Gasteiger charge is 2.63. The maximum absolute atomic E-state index is 11.9. The van der Waals surface area contributed by atoms with Crippen molar-refractivity contribution in [1.29, 1.82) is 0 Å². The summed E-state index contributed by atoms with van der Waals surface area (Å²) in [6, 6.07) is 0. The van der Waals surface area contributed by atoms with Crippen LogP contribution in [0.2, 0.25) is 0 Å². The summed E-state index contributed by atoms with van der Waals surface area (Å²) in [5.41, 5.74) is -0.676. The van der Waals surface area contributed by atoms with Gasteiger partial charge in [-0.25, -0.2) is 0 Å². The first-order chi connectivity index (χ1) is 7.55. The molecule has 0 aromatic rings. The zero-order chi connectivity index (χ0) is 11.9. The molecule has 2 aliphatic rings. The first-order valence-corrected chi connectivity index (χ1v) is 5.72. The Balaban J connectivity index is 2.34. The van der Waals surface area contributed by atoms with Crippen molar-refractivity contribution in [3.63, 3.8) is 0 Å². The number of fused-ring (bicyclic) bond motifs is 2. The highest BCUT2D eigenvalue weighted by Crippen LogP contribution is 2.60. The lowest BCUT2D eigenvalue weighted by Crippen LogP contribution is -2.45. The van der Waals surface area contributed by atoms with E-state index < -0.39 is 5.41 Å². The van der Waals surface area contributed by atoms with Gasteiger partial charge in [-0.2, -0.15) is 0 Å². The number of methoxy groups -OCH3 is 2. The second-order valence-electron chi connectivity index (χ2n) is 5.05. The van der Waals surface area contributed by atoms with E-state index in [1.54, 1.807) is 0 Å². The Morgan fingerprint density at radius 1 is 1.19 bits per heavy atom. The van der Waals surface area contributed by atoms with Gasteiger partial charge in [0.1, 0.15) is 0 Å². The average Bonchev–Trinajstić information content (AvgIpc) is 2.86. The van der Waals surface area contributed by atoms with Crippen LogP contribution in [0.5, 0.6) is 0 Å². The number of esters is 2. The Morgan fingerprint density at radius 2 is 1.88 bits per heavy atom. The molecule has 0 aromatic carbocycles. The summed E-state index contributed by atoms with van der Waals surface area (Å²) in [4.78, 5) is 23.7. The van der Waals surface area contributed by atoms with E-state index in [9.17, 15) is 9.59 Å². The molecule has 2 saturated carbocycles. The van der Waals surface area contributed by atoms with Crippen LogP contribution in [-0.2, 0) is 19.1 Å². The smallest absolute Gasteiger partial charge is 0.312 e. The molecule has 4 nitrogen and oxygen atoms in total. The highest BCUT2D eigenvalue weighted by molar-refractivity contribution is 5.86. The van der Waals surface area contributed by atoms with E-state index in [0.29, 0.717) is 5.92 Å². The van der Waals surface area contributed by atoms with Crippen LogP contribution in [0, 0.1) is 23.2 Å². The van der Waals surface area contributed by atoms with Gasteiger partial charge < -0.3 is 9.47 Å². The Labute approximate surface area is 95.3 Å². The fourth-order valence-corrected chi connectivity index (χ4v) is 3.69. The molecule has 2 rings (SSSR count). The number of carbonyl (C=O) groups is 2. The van der Waals surface area contributed by atoms with Gasteiger partial charge in [-0.05, 0) is 38.0 Å². The van der Waals surface area contributed by atoms with E-state index in [1.807, 2.05) is 6.92 Å². The van der Waals surface area contributed by atoms with Crippen LogP contribution in [0.4, 0.5) is 0 Å². The number of ether oxygens (including phenoxy) is 2. The summed E-state index contributed by atoms with van der Waals surface area (Å²) in [7, 11) is 2.76. The van der Waals surface area contributed by atoms with E-state index >= 15 is 0 Å². The average molecular weight is 226 g/mol. The van der Waals surface area contributed by atoms with E-state index in [0.717, 1.165) is 19.3 Å². The predicted molar refractivity (Wildman–Crippen MR) is 56.5 cm³/mol. The lowest BCUT2D eigenvalue weighted by Gasteiger charge is -2.36. The molecule has 2 aliphatic carbocycles. The Morgan fingerprint density at radius 3 is 2.44 bits per heavy atom. The standard InChI is InChI=1S/C12H18O4/c1-12(11(14)16-3)8-5-4-7(6-8)9(12)10(13)15-2/h7-9H,4-6H2,1-3H3. The van der Waals surface area contributed by atoms with Crippen LogP contribution in [0.25, 0.3) is 0 Å². The molecule has 0 heterocycles. The fraction of sp³-hybridized carbons (Fsp3) is 0.833. The number of rotatable bonds is 2. The molecule has 0 N–H and O–H groups in total. The molecule has 0 radical (unpaired) electrons. The van der Waals surface area contributed by atoms with E-state index in [-0.39, 0.29) is 23.8 Å². The Kier molecular flexibility index (Phi) is 2.68. The van der Waals surface area contributed by atoms with E-state index in [4.69, 9.17) is 9.47 Å². The predicted octanol–water partition coefficient (Wildman–Crippen LogP) is 1.38. The van der Waals surface area contributed by atoms with Crippen LogP contribution < -0.4 is 0 Å². The third-order valence-corrected chi connectivity index (χ3v) is 4.52. The summed E-state index contributed by atoms with van der Waals surface area (Å²) in [5, 5.41) is 0. The molecule has 16 heavy (non-hydrogen) atoms. The van der Waals surface area contributed by atoms with Crippen molar-refractivity contribution in [3.05, 3.63) is 0 Å². The first kappa shape index (κ1) is 11.4. The molecular formula is C12H18O4. The van der Waals surface area contributed by atoms with Crippen LogP contribution in [0.15, 0.2) is 0 Å². The van der Waals surface area contributed by atoms with Crippen molar-refractivity contribution in [2.24, 2.45) is 23.2 Å². The molecule has 2 fully saturated rings. The van der Waals surface area contributed by atoms with Gasteiger partial charge in [-0.3, -0.25) is 9.59 Å². The molecule has 90 valence electrons. The molecule has 4 atom stereocenters. The summed E-state index contributed by atoms with van der Waals surface area (Å²) < 4.78 is 9.70. The third kappa shape index (κ3) is 1.28. The topological polar surface area (TPSA) is 52.6 Å². The largest absolute Gasteiger partial charge is 0.469 e. The van der Waals surface area contributed by atoms with Crippen molar-refractivity contribution in [2.45, 2.75) is 26.2 Å². The summed E-state index contributed by atoms with van der Waals surface area (Å²) >= 11 is 0. The molecule has 2 bridgehead atoms. The van der Waals surface area contributed by atoms with Crippen molar-refractivity contribution >= 4 is 11.9 Å². The van der Waals surface area contributed by atoms with Crippen molar-refractivity contribution in [2.75, 3.05) is 14.2 Å². The van der Waals surface area contributed by atoms with Crippen LogP contribution in [0.3, 0.4) is 0 Å². The molecule has 0 aromatic heterocycles. The van der Waals surface area contributed by atoms with Gasteiger partial charge in [0, 0.05) is 0 Å². The number of hydrogen-bond donors (Lipinski definition) is 0. The van der Waals surface area contributed by atoms with Gasteiger partial charge in [0.05, 0.1) is 25.6 Å². The third-order valence-electron chi connectivity index (χ3n) is 4.52. The van der Waals surface area contributed by atoms with Crippen molar-refractivity contribution < 1.29 is 19.1 Å². The monoisotopic (exact) mass is 226 g/mol. The van der Waals surface area contributed by atoms with Gasteiger partial charge in [-0.1, -0.05) is 0 Å². The second kappa shape index (κ2) is 3.75. The normalized spacial score (nSPS) is 40.8. The second-order valence-corrected chi connectivity index (χ2v) is 5.05. The molecule has 0 amide bonds. The van der Waals surface area contributed by atoms with Crippen LogP contribution in [0.1, 0.15) is 26.2 Å². The molecule has 0 saturated heterocycles. The van der Waals surface area contributed by atoms with Crippen molar-refractivity contribution in [3.8, 4) is 0 Å². The lowest BCUT2D eigenvalue weighted by molar-refractivity contribution is -0.169. The van der Waals surface area contributed by atoms with E-state index in [1.165, 1.54) is 14.2 Å². The zero-order valence-corrected chi connectivity index (χ0v) is 9.99. The Hall–Kier alpha value is -1.06. The van der Waals surface area contributed by atoms with Gasteiger partial charge >= 0.3 is 11.9 Å². The summed E-state index contributed by atoms with van der Waals surface area (Å²) in [6.45, 7) is 1.85. The van der Waals surface area contributed by atoms with Gasteiger partial charge in [0.15, 0.2) is 0 Å². The molecular weight excluding hydrogens is 208 g/mol. The van der Waals surface area contributed by atoms with Gasteiger partial charge in [0.2, 0.25) is 0 Å².